The van der Waals surface area contributed by atoms with Gasteiger partial charge in [-0.25, -0.2) is 0 Å². The minimum atomic E-state index is -0.580. The molecule has 2 nitrogen and oxygen atoms in total. The second-order valence-corrected chi connectivity index (χ2v) is 6.60. The Morgan fingerprint density at radius 3 is 2.80 bits per heavy atom. The van der Waals surface area contributed by atoms with E-state index in [0.717, 1.165) is 23.2 Å². The zero-order valence-corrected chi connectivity index (χ0v) is 11.6. The molecule has 2 N–H and O–H groups in total. The maximum atomic E-state index is 9.93. The molecule has 15 heavy (non-hydrogen) atoms. The van der Waals surface area contributed by atoms with Crippen molar-refractivity contribution in [1.82, 2.24) is 5.32 Å². The third kappa shape index (κ3) is 5.11. The highest BCUT2D eigenvalue weighted by Gasteiger charge is 2.17. The number of nitrogens with one attached hydrogen (secondary N) is 1. The maximum absolute atomic E-state index is 9.93. The van der Waals surface area contributed by atoms with Crippen LogP contribution < -0.4 is 5.32 Å². The van der Waals surface area contributed by atoms with Crippen molar-refractivity contribution in [3.05, 3.63) is 20.8 Å². The van der Waals surface area contributed by atoms with Crippen LogP contribution in [0.3, 0.4) is 0 Å². The van der Waals surface area contributed by atoms with Crippen molar-refractivity contribution in [3.63, 3.8) is 0 Å². The van der Waals surface area contributed by atoms with Crippen molar-refractivity contribution in [2.45, 2.75) is 38.8 Å². The summed E-state index contributed by atoms with van der Waals surface area (Å²) in [5, 5.41) is 13.2. The van der Waals surface area contributed by atoms with Crippen molar-refractivity contribution in [2.24, 2.45) is 0 Å². The van der Waals surface area contributed by atoms with Crippen LogP contribution in [-0.2, 0) is 6.54 Å². The van der Waals surface area contributed by atoms with Crippen LogP contribution in [0.2, 0.25) is 0 Å². The largest absolute Gasteiger partial charge is 0.389 e. The molecule has 0 spiro atoms. The van der Waals surface area contributed by atoms with Crippen LogP contribution in [-0.4, -0.2) is 17.3 Å². The first-order valence-electron chi connectivity index (χ1n) is 5.21. The zero-order valence-electron chi connectivity index (χ0n) is 9.22. The quantitative estimate of drug-likeness (QED) is 0.844. The fourth-order valence-electron chi connectivity index (χ4n) is 1.53. The lowest BCUT2D eigenvalue weighted by Crippen LogP contribution is -2.37. The van der Waals surface area contributed by atoms with Crippen molar-refractivity contribution in [3.8, 4) is 0 Å². The molecule has 1 heterocycles. The second kappa shape index (κ2) is 5.99. The van der Waals surface area contributed by atoms with Crippen LogP contribution in [0, 0.1) is 0 Å². The Balaban J connectivity index is 2.27. The Kier molecular flexibility index (Phi) is 5.26. The fraction of sp³-hybridized carbons (Fsp3) is 0.636. The highest BCUT2D eigenvalue weighted by molar-refractivity contribution is 9.11. The minimum absolute atomic E-state index is 0.580. The summed E-state index contributed by atoms with van der Waals surface area (Å²) in [6, 6.07) is 4.14. The van der Waals surface area contributed by atoms with Gasteiger partial charge >= 0.3 is 0 Å². The van der Waals surface area contributed by atoms with Gasteiger partial charge in [-0.15, -0.1) is 11.3 Å². The highest BCUT2D eigenvalue weighted by Crippen LogP contribution is 2.21. The lowest BCUT2D eigenvalue weighted by atomic mass is 10.0. The van der Waals surface area contributed by atoms with E-state index in [4.69, 9.17) is 0 Å². The monoisotopic (exact) mass is 291 g/mol. The molecule has 0 fully saturated rings. The summed E-state index contributed by atoms with van der Waals surface area (Å²) in [5.74, 6) is 0. The van der Waals surface area contributed by atoms with E-state index in [1.807, 2.05) is 13.0 Å². The van der Waals surface area contributed by atoms with E-state index in [2.05, 4.69) is 34.2 Å². The normalized spacial score (nSPS) is 15.2. The van der Waals surface area contributed by atoms with E-state index in [-0.39, 0.29) is 0 Å². The van der Waals surface area contributed by atoms with Gasteiger partial charge in [0.05, 0.1) is 9.39 Å². The molecule has 0 amide bonds. The Bertz CT molecular complexity index is 299. The van der Waals surface area contributed by atoms with Crippen molar-refractivity contribution >= 4 is 27.3 Å². The Labute approximate surface area is 104 Å². The minimum Gasteiger partial charge on any atom is -0.389 e. The van der Waals surface area contributed by atoms with Gasteiger partial charge in [-0.3, -0.25) is 0 Å². The summed E-state index contributed by atoms with van der Waals surface area (Å²) in [4.78, 5) is 1.29. The van der Waals surface area contributed by atoms with E-state index >= 15 is 0 Å². The van der Waals surface area contributed by atoms with Gasteiger partial charge in [0, 0.05) is 18.0 Å². The first-order chi connectivity index (χ1) is 7.03. The van der Waals surface area contributed by atoms with E-state index in [1.165, 1.54) is 4.88 Å². The molecule has 0 aliphatic heterocycles. The topological polar surface area (TPSA) is 32.3 Å². The number of hydrogen-bond donors (Lipinski definition) is 2. The summed E-state index contributed by atoms with van der Waals surface area (Å²) in [6.07, 6.45) is 1.85. The average Bonchev–Trinajstić information content (AvgIpc) is 2.51. The molecule has 0 aliphatic carbocycles. The number of rotatable bonds is 6. The predicted octanol–water partition coefficient (Wildman–Crippen LogP) is 3.15. The molecule has 1 atom stereocenters. The predicted molar refractivity (Wildman–Crippen MR) is 69.3 cm³/mol. The number of thiophene rings is 1. The van der Waals surface area contributed by atoms with E-state index in [0.29, 0.717) is 6.54 Å². The first-order valence-corrected chi connectivity index (χ1v) is 6.82. The van der Waals surface area contributed by atoms with Gasteiger partial charge in [-0.05, 0) is 41.4 Å². The standard InChI is InChI=1S/C11H18BrNOS/c1-3-6-11(2,14)8-13-7-9-4-5-10(12)15-9/h4-5,13-14H,3,6-8H2,1-2H3. The lowest BCUT2D eigenvalue weighted by Gasteiger charge is -2.22. The molecule has 0 saturated heterocycles. The van der Waals surface area contributed by atoms with Gasteiger partial charge in [-0.2, -0.15) is 0 Å². The number of halogens is 1. The van der Waals surface area contributed by atoms with Crippen LogP contribution in [0.4, 0.5) is 0 Å². The van der Waals surface area contributed by atoms with E-state index in [9.17, 15) is 5.11 Å². The summed E-state index contributed by atoms with van der Waals surface area (Å²) in [7, 11) is 0. The molecule has 0 aromatic carbocycles. The molecule has 0 radical (unpaired) electrons. The van der Waals surface area contributed by atoms with Crippen LogP contribution in [0.25, 0.3) is 0 Å². The summed E-state index contributed by atoms with van der Waals surface area (Å²) in [5.41, 5.74) is -0.580. The highest BCUT2D eigenvalue weighted by atomic mass is 79.9. The molecule has 1 aromatic heterocycles. The van der Waals surface area contributed by atoms with Crippen LogP contribution >= 0.6 is 27.3 Å². The average molecular weight is 292 g/mol. The SMILES string of the molecule is CCCC(C)(O)CNCc1ccc(Br)s1. The molecular weight excluding hydrogens is 274 g/mol. The third-order valence-electron chi connectivity index (χ3n) is 2.22. The smallest absolute Gasteiger partial charge is 0.0743 e. The molecule has 1 aromatic rings. The number of hydrogen-bond acceptors (Lipinski definition) is 3. The molecule has 0 bridgehead atoms. The zero-order chi connectivity index (χ0) is 11.3. The summed E-state index contributed by atoms with van der Waals surface area (Å²) >= 11 is 5.15. The van der Waals surface area contributed by atoms with Crippen molar-refractivity contribution in [1.29, 1.82) is 0 Å². The van der Waals surface area contributed by atoms with Crippen LogP contribution in [0.1, 0.15) is 31.6 Å². The van der Waals surface area contributed by atoms with Gasteiger partial charge in [0.15, 0.2) is 0 Å². The molecule has 1 unspecified atom stereocenters. The summed E-state index contributed by atoms with van der Waals surface area (Å²) in [6.45, 7) is 5.45. The molecule has 4 heteroatoms. The van der Waals surface area contributed by atoms with Gasteiger partial charge < -0.3 is 10.4 Å². The maximum Gasteiger partial charge on any atom is 0.0743 e. The first kappa shape index (κ1) is 13.2. The van der Waals surface area contributed by atoms with Crippen molar-refractivity contribution < 1.29 is 5.11 Å². The van der Waals surface area contributed by atoms with Gasteiger partial charge in [0.2, 0.25) is 0 Å². The summed E-state index contributed by atoms with van der Waals surface area (Å²) < 4.78 is 1.15. The third-order valence-corrected chi connectivity index (χ3v) is 3.85. The Hall–Kier alpha value is 0.1000. The fourth-order valence-corrected chi connectivity index (χ4v) is 2.98. The van der Waals surface area contributed by atoms with Gasteiger partial charge in [0.25, 0.3) is 0 Å². The van der Waals surface area contributed by atoms with Gasteiger partial charge in [0.1, 0.15) is 0 Å². The lowest BCUT2D eigenvalue weighted by molar-refractivity contribution is 0.0498. The molecule has 0 saturated carbocycles. The Morgan fingerprint density at radius 1 is 1.53 bits per heavy atom. The Morgan fingerprint density at radius 2 is 2.27 bits per heavy atom. The van der Waals surface area contributed by atoms with Gasteiger partial charge in [-0.1, -0.05) is 13.3 Å². The van der Waals surface area contributed by atoms with Crippen LogP contribution in [0.15, 0.2) is 15.9 Å². The molecule has 1 rings (SSSR count). The molecule has 86 valence electrons. The van der Waals surface area contributed by atoms with E-state index < -0.39 is 5.60 Å². The second-order valence-electron chi connectivity index (χ2n) is 4.06. The molecule has 0 aliphatic rings. The number of aliphatic hydroxyl groups is 1. The van der Waals surface area contributed by atoms with E-state index in [1.54, 1.807) is 11.3 Å². The van der Waals surface area contributed by atoms with Crippen LogP contribution in [0.5, 0.6) is 0 Å². The molecular formula is C11H18BrNOS. The van der Waals surface area contributed by atoms with Crippen molar-refractivity contribution in [2.75, 3.05) is 6.54 Å².